The molecule has 2 N–H and O–H groups in total. The first-order valence-electron chi connectivity index (χ1n) is 6.63. The SMILES string of the molecule is CCNC(CCN1C(=O)C2C(C1=O)C2(C)C)C(=O)O. The van der Waals surface area contributed by atoms with Crippen molar-refractivity contribution in [3.8, 4) is 0 Å². The molecule has 1 saturated heterocycles. The van der Waals surface area contributed by atoms with E-state index < -0.39 is 12.0 Å². The van der Waals surface area contributed by atoms with Gasteiger partial charge in [-0.25, -0.2) is 0 Å². The molecule has 0 spiro atoms. The molecule has 1 aliphatic carbocycles. The summed E-state index contributed by atoms with van der Waals surface area (Å²) in [4.78, 5) is 36.3. The van der Waals surface area contributed by atoms with Crippen LogP contribution in [-0.4, -0.2) is 46.9 Å². The summed E-state index contributed by atoms with van der Waals surface area (Å²) in [5.41, 5.74) is -0.210. The molecule has 1 aliphatic heterocycles. The lowest BCUT2D eigenvalue weighted by Gasteiger charge is -2.22. The van der Waals surface area contributed by atoms with Gasteiger partial charge in [0.25, 0.3) is 0 Å². The molecular formula is C13H20N2O4. The summed E-state index contributed by atoms with van der Waals surface area (Å²) in [6.45, 7) is 6.39. The van der Waals surface area contributed by atoms with Crippen molar-refractivity contribution in [2.24, 2.45) is 17.3 Å². The van der Waals surface area contributed by atoms with Crippen LogP contribution in [-0.2, 0) is 14.4 Å². The van der Waals surface area contributed by atoms with Crippen LogP contribution < -0.4 is 5.32 Å². The summed E-state index contributed by atoms with van der Waals surface area (Å²) in [5, 5.41) is 11.8. The molecule has 2 amide bonds. The van der Waals surface area contributed by atoms with Crippen molar-refractivity contribution in [2.45, 2.75) is 33.2 Å². The lowest BCUT2D eigenvalue weighted by Crippen LogP contribution is -2.43. The Morgan fingerprint density at radius 2 is 1.89 bits per heavy atom. The van der Waals surface area contributed by atoms with Crippen molar-refractivity contribution in [1.82, 2.24) is 10.2 Å². The number of amides is 2. The van der Waals surface area contributed by atoms with E-state index in [1.807, 2.05) is 20.8 Å². The van der Waals surface area contributed by atoms with Crippen LogP contribution >= 0.6 is 0 Å². The topological polar surface area (TPSA) is 86.7 Å². The summed E-state index contributed by atoms with van der Waals surface area (Å²) >= 11 is 0. The third-order valence-corrected chi connectivity index (χ3v) is 4.28. The fourth-order valence-electron chi connectivity index (χ4n) is 3.04. The number of likely N-dealkylation sites (tertiary alicyclic amines) is 1. The van der Waals surface area contributed by atoms with Crippen LogP contribution in [0.4, 0.5) is 0 Å². The first-order chi connectivity index (χ1) is 8.82. The van der Waals surface area contributed by atoms with Gasteiger partial charge >= 0.3 is 5.97 Å². The van der Waals surface area contributed by atoms with Gasteiger partial charge in [-0.15, -0.1) is 0 Å². The molecular weight excluding hydrogens is 248 g/mol. The molecule has 1 heterocycles. The molecule has 2 rings (SSSR count). The van der Waals surface area contributed by atoms with Crippen LogP contribution in [0.2, 0.25) is 0 Å². The number of nitrogens with zero attached hydrogens (tertiary/aromatic N) is 1. The zero-order chi connectivity index (χ0) is 14.4. The molecule has 2 aliphatic rings. The summed E-state index contributed by atoms with van der Waals surface area (Å²) in [7, 11) is 0. The van der Waals surface area contributed by atoms with Crippen molar-refractivity contribution in [3.63, 3.8) is 0 Å². The number of imide groups is 1. The van der Waals surface area contributed by atoms with E-state index in [4.69, 9.17) is 5.11 Å². The maximum absolute atomic E-state index is 12.1. The first-order valence-corrected chi connectivity index (χ1v) is 6.63. The molecule has 19 heavy (non-hydrogen) atoms. The van der Waals surface area contributed by atoms with Crippen LogP contribution in [0, 0.1) is 17.3 Å². The van der Waals surface area contributed by atoms with Crippen molar-refractivity contribution < 1.29 is 19.5 Å². The van der Waals surface area contributed by atoms with Gasteiger partial charge < -0.3 is 10.4 Å². The normalized spacial score (nSPS) is 29.3. The van der Waals surface area contributed by atoms with Crippen LogP contribution in [0.15, 0.2) is 0 Å². The van der Waals surface area contributed by atoms with Gasteiger partial charge in [0.1, 0.15) is 6.04 Å². The average Bonchev–Trinajstić information content (AvgIpc) is 2.78. The molecule has 3 unspecified atom stereocenters. The number of likely N-dealkylation sites (N-methyl/N-ethyl adjacent to an activating group) is 1. The lowest BCUT2D eigenvalue weighted by molar-refractivity contribution is -0.145. The van der Waals surface area contributed by atoms with Gasteiger partial charge in [-0.3, -0.25) is 19.3 Å². The van der Waals surface area contributed by atoms with E-state index in [9.17, 15) is 14.4 Å². The summed E-state index contributed by atoms with van der Waals surface area (Å²) in [6, 6.07) is -0.712. The van der Waals surface area contributed by atoms with E-state index in [-0.39, 0.29) is 42.0 Å². The van der Waals surface area contributed by atoms with Crippen LogP contribution in [0.25, 0.3) is 0 Å². The Bertz CT molecular complexity index is 408. The Hall–Kier alpha value is -1.43. The van der Waals surface area contributed by atoms with Gasteiger partial charge in [-0.05, 0) is 18.4 Å². The van der Waals surface area contributed by atoms with Gasteiger partial charge in [-0.1, -0.05) is 20.8 Å². The molecule has 6 heteroatoms. The molecule has 2 fully saturated rings. The number of carboxylic acids is 1. The Labute approximate surface area is 112 Å². The highest BCUT2D eigenvalue weighted by atomic mass is 16.4. The first kappa shape index (κ1) is 14.0. The van der Waals surface area contributed by atoms with Crippen molar-refractivity contribution in [2.75, 3.05) is 13.1 Å². The summed E-state index contributed by atoms with van der Waals surface area (Å²) in [6.07, 6.45) is 0.251. The van der Waals surface area contributed by atoms with E-state index in [1.54, 1.807) is 0 Å². The zero-order valence-electron chi connectivity index (χ0n) is 11.5. The average molecular weight is 268 g/mol. The summed E-state index contributed by atoms with van der Waals surface area (Å²) < 4.78 is 0. The number of carbonyl (C=O) groups is 3. The molecule has 0 radical (unpaired) electrons. The highest BCUT2D eigenvalue weighted by Crippen LogP contribution is 2.63. The van der Waals surface area contributed by atoms with Gasteiger partial charge in [0, 0.05) is 6.54 Å². The van der Waals surface area contributed by atoms with Crippen LogP contribution in [0.5, 0.6) is 0 Å². The van der Waals surface area contributed by atoms with E-state index in [1.165, 1.54) is 4.90 Å². The Kier molecular flexibility index (Phi) is 3.38. The van der Waals surface area contributed by atoms with Crippen molar-refractivity contribution in [1.29, 1.82) is 0 Å². The second-order valence-electron chi connectivity index (χ2n) is 5.84. The number of rotatable bonds is 6. The third-order valence-electron chi connectivity index (χ3n) is 4.28. The number of aliphatic carboxylic acids is 1. The fourth-order valence-corrected chi connectivity index (χ4v) is 3.04. The predicted molar refractivity (Wildman–Crippen MR) is 67.2 cm³/mol. The largest absolute Gasteiger partial charge is 0.480 e. The second-order valence-corrected chi connectivity index (χ2v) is 5.84. The highest BCUT2D eigenvalue weighted by molar-refractivity contribution is 6.10. The minimum Gasteiger partial charge on any atom is -0.480 e. The maximum atomic E-state index is 12.1. The predicted octanol–water partition coefficient (Wildman–Crippen LogP) is 0.0802. The smallest absolute Gasteiger partial charge is 0.320 e. The maximum Gasteiger partial charge on any atom is 0.320 e. The molecule has 106 valence electrons. The van der Waals surface area contributed by atoms with E-state index in [2.05, 4.69) is 5.32 Å². The minimum absolute atomic E-state index is 0.138. The minimum atomic E-state index is -0.952. The number of piperidine rings is 1. The van der Waals surface area contributed by atoms with Crippen LogP contribution in [0.3, 0.4) is 0 Å². The molecule has 1 saturated carbocycles. The lowest BCUT2D eigenvalue weighted by atomic mass is 10.1. The second kappa shape index (κ2) is 4.59. The van der Waals surface area contributed by atoms with E-state index in [0.717, 1.165) is 0 Å². The molecule has 3 atom stereocenters. The Morgan fingerprint density at radius 3 is 2.32 bits per heavy atom. The molecule has 6 nitrogen and oxygen atoms in total. The quantitative estimate of drug-likeness (QED) is 0.666. The number of nitrogens with one attached hydrogen (secondary N) is 1. The van der Waals surface area contributed by atoms with Crippen LogP contribution in [0.1, 0.15) is 27.2 Å². The van der Waals surface area contributed by atoms with Crippen molar-refractivity contribution >= 4 is 17.8 Å². The number of fused-ring (bicyclic) bond motifs is 1. The number of hydrogen-bond acceptors (Lipinski definition) is 4. The highest BCUT2D eigenvalue weighted by Gasteiger charge is 2.72. The number of hydrogen-bond donors (Lipinski definition) is 2. The van der Waals surface area contributed by atoms with Gasteiger partial charge in [0.05, 0.1) is 11.8 Å². The van der Waals surface area contributed by atoms with E-state index >= 15 is 0 Å². The molecule has 0 aromatic heterocycles. The van der Waals surface area contributed by atoms with E-state index in [0.29, 0.717) is 6.54 Å². The Morgan fingerprint density at radius 1 is 1.37 bits per heavy atom. The third kappa shape index (κ3) is 2.14. The van der Waals surface area contributed by atoms with Gasteiger partial charge in [0.15, 0.2) is 0 Å². The fraction of sp³-hybridized carbons (Fsp3) is 0.769. The molecule has 0 aromatic carbocycles. The Balaban J connectivity index is 1.93. The number of carboxylic acid groups (broad SMARTS) is 1. The van der Waals surface area contributed by atoms with Crippen molar-refractivity contribution in [3.05, 3.63) is 0 Å². The number of carbonyl (C=O) groups excluding carboxylic acids is 2. The molecule has 0 aromatic rings. The standard InChI is InChI=1S/C13H20N2O4/c1-4-14-7(12(18)19)5-6-15-10(16)8-9(11(15)17)13(8,2)3/h7-9,14H,4-6H2,1-3H3,(H,18,19). The van der Waals surface area contributed by atoms with Gasteiger partial charge in [0.2, 0.25) is 11.8 Å². The molecule has 0 bridgehead atoms. The zero-order valence-corrected chi connectivity index (χ0v) is 11.5. The van der Waals surface area contributed by atoms with Gasteiger partial charge in [-0.2, -0.15) is 0 Å². The monoisotopic (exact) mass is 268 g/mol. The summed E-state index contributed by atoms with van der Waals surface area (Å²) in [5.74, 6) is -1.61.